The molecule has 0 saturated carbocycles. The molecule has 2 rings (SSSR count). The smallest absolute Gasteiger partial charge is 0.265 e. The summed E-state index contributed by atoms with van der Waals surface area (Å²) in [5, 5.41) is 6.90. The van der Waals surface area contributed by atoms with Crippen molar-refractivity contribution in [3.05, 3.63) is 35.6 Å². The van der Waals surface area contributed by atoms with E-state index in [1.165, 1.54) is 0 Å². The highest BCUT2D eigenvalue weighted by atomic mass is 16.1. The number of nitrogens with zero attached hydrogens (tertiary/aromatic N) is 2. The molecule has 1 aliphatic heterocycles. The van der Waals surface area contributed by atoms with Crippen LogP contribution in [0, 0.1) is 0 Å². The van der Waals surface area contributed by atoms with Crippen molar-refractivity contribution < 1.29 is 4.79 Å². The summed E-state index contributed by atoms with van der Waals surface area (Å²) in [6.45, 7) is 0. The molecule has 3 nitrogen and oxygen atoms in total. The van der Waals surface area contributed by atoms with Crippen molar-refractivity contribution in [2.24, 2.45) is 10.2 Å². The molecule has 10 heavy (non-hydrogen) atoms. The van der Waals surface area contributed by atoms with Crippen LogP contribution in [-0.4, -0.2) is 5.91 Å². The monoisotopic (exact) mass is 132 g/mol. The minimum atomic E-state index is -0.248. The molecule has 1 aliphatic carbocycles. The summed E-state index contributed by atoms with van der Waals surface area (Å²) in [6.07, 6.45) is 6.98. The van der Waals surface area contributed by atoms with Crippen LogP contribution < -0.4 is 0 Å². The lowest BCUT2D eigenvalue weighted by molar-refractivity contribution is -0.114. The molecular formula is C7H4N2O. The predicted molar refractivity (Wildman–Crippen MR) is 35.2 cm³/mol. The molecule has 0 N–H and O–H groups in total. The summed E-state index contributed by atoms with van der Waals surface area (Å²) >= 11 is 0. The Morgan fingerprint density at radius 3 is 3.10 bits per heavy atom. The van der Waals surface area contributed by atoms with Gasteiger partial charge in [-0.05, 0) is 6.08 Å². The van der Waals surface area contributed by atoms with Gasteiger partial charge in [0.05, 0.1) is 11.8 Å². The third-order valence-corrected chi connectivity index (χ3v) is 1.43. The first-order chi connectivity index (χ1) is 4.88. The van der Waals surface area contributed by atoms with Crippen molar-refractivity contribution in [2.75, 3.05) is 0 Å². The molecule has 1 heterocycles. The third kappa shape index (κ3) is 0.572. The number of azo groups is 1. The van der Waals surface area contributed by atoms with E-state index in [0.29, 0.717) is 5.57 Å². The highest BCUT2D eigenvalue weighted by Gasteiger charge is 2.17. The second kappa shape index (κ2) is 1.73. The molecule has 0 bridgehead atoms. The Hall–Kier alpha value is -1.51. The van der Waals surface area contributed by atoms with Gasteiger partial charge in [-0.1, -0.05) is 12.2 Å². The van der Waals surface area contributed by atoms with Crippen LogP contribution in [0.4, 0.5) is 0 Å². The molecule has 0 fully saturated rings. The van der Waals surface area contributed by atoms with Crippen LogP contribution >= 0.6 is 0 Å². The van der Waals surface area contributed by atoms with Crippen LogP contribution in [0.1, 0.15) is 0 Å². The largest absolute Gasteiger partial charge is 0.296 e. The first-order valence-corrected chi connectivity index (χ1v) is 2.92. The number of carbonyl (C=O) groups is 1. The Balaban J connectivity index is 2.54. The Morgan fingerprint density at radius 2 is 2.30 bits per heavy atom. The van der Waals surface area contributed by atoms with Gasteiger partial charge in [0.15, 0.2) is 0 Å². The minimum absolute atomic E-state index is 0.248. The standard InChI is InChI=1S/C7H4N2O/c10-7-6-3-1-2-5(6)4-8-9-7/h1-4H. The predicted octanol–water partition coefficient (Wildman–Crippen LogP) is 1.36. The average molecular weight is 132 g/mol. The fourth-order valence-corrected chi connectivity index (χ4v) is 0.939. The second-order valence-corrected chi connectivity index (χ2v) is 2.04. The van der Waals surface area contributed by atoms with Gasteiger partial charge < -0.3 is 0 Å². The Bertz CT molecular complexity index is 302. The van der Waals surface area contributed by atoms with E-state index in [1.54, 1.807) is 12.3 Å². The lowest BCUT2D eigenvalue weighted by Gasteiger charge is -2.00. The number of rotatable bonds is 0. The van der Waals surface area contributed by atoms with Crippen LogP contribution in [0.25, 0.3) is 0 Å². The molecule has 0 aromatic heterocycles. The summed E-state index contributed by atoms with van der Waals surface area (Å²) in [6, 6.07) is 0. The summed E-state index contributed by atoms with van der Waals surface area (Å²) in [5.74, 6) is -0.248. The molecule has 0 saturated heterocycles. The molecule has 48 valence electrons. The zero-order chi connectivity index (χ0) is 6.97. The van der Waals surface area contributed by atoms with Gasteiger partial charge in [-0.15, -0.1) is 5.11 Å². The van der Waals surface area contributed by atoms with Crippen molar-refractivity contribution in [2.45, 2.75) is 0 Å². The van der Waals surface area contributed by atoms with Gasteiger partial charge in [-0.2, -0.15) is 5.11 Å². The van der Waals surface area contributed by atoms with E-state index >= 15 is 0 Å². The van der Waals surface area contributed by atoms with Crippen molar-refractivity contribution in [3.63, 3.8) is 0 Å². The average Bonchev–Trinajstić information content (AvgIpc) is 2.36. The van der Waals surface area contributed by atoms with Crippen LogP contribution in [0.5, 0.6) is 0 Å². The van der Waals surface area contributed by atoms with Crippen molar-refractivity contribution >= 4 is 5.91 Å². The normalized spacial score (nSPS) is 20.6. The maximum atomic E-state index is 10.9. The van der Waals surface area contributed by atoms with Gasteiger partial charge in [-0.25, -0.2) is 0 Å². The maximum absolute atomic E-state index is 10.9. The maximum Gasteiger partial charge on any atom is 0.296 e. The first-order valence-electron chi connectivity index (χ1n) is 2.92. The van der Waals surface area contributed by atoms with Crippen LogP contribution in [0.2, 0.25) is 0 Å². The lowest BCUT2D eigenvalue weighted by atomic mass is 10.1. The third-order valence-electron chi connectivity index (χ3n) is 1.43. The molecule has 0 aromatic rings. The highest BCUT2D eigenvalue weighted by molar-refractivity contribution is 6.01. The molecule has 1 amide bonds. The highest BCUT2D eigenvalue weighted by Crippen LogP contribution is 2.22. The molecule has 2 aliphatic rings. The Morgan fingerprint density at radius 1 is 1.40 bits per heavy atom. The quantitative estimate of drug-likeness (QED) is 0.490. The summed E-state index contributed by atoms with van der Waals surface area (Å²) in [4.78, 5) is 10.9. The number of fused-ring (bicyclic) bond motifs is 1. The number of allylic oxidation sites excluding steroid dienone is 3. The van der Waals surface area contributed by atoms with E-state index in [1.807, 2.05) is 12.2 Å². The minimum Gasteiger partial charge on any atom is -0.265 e. The Kier molecular flexibility index (Phi) is 0.917. The second-order valence-electron chi connectivity index (χ2n) is 2.04. The number of hydrogen-bond donors (Lipinski definition) is 0. The Labute approximate surface area is 57.5 Å². The number of hydrogen-bond acceptors (Lipinski definition) is 2. The fraction of sp³-hybridized carbons (Fsp3) is 0. The lowest BCUT2D eigenvalue weighted by Crippen LogP contribution is -2.00. The van der Waals surface area contributed by atoms with Gasteiger partial charge in [0.2, 0.25) is 0 Å². The van der Waals surface area contributed by atoms with Crippen molar-refractivity contribution in [1.29, 1.82) is 0 Å². The zero-order valence-electron chi connectivity index (χ0n) is 5.11. The first kappa shape index (κ1) is 5.29. The number of carbonyl (C=O) groups excluding carboxylic acids is 1. The van der Waals surface area contributed by atoms with Crippen molar-refractivity contribution in [3.8, 4) is 0 Å². The van der Waals surface area contributed by atoms with Crippen molar-refractivity contribution in [1.82, 2.24) is 0 Å². The van der Waals surface area contributed by atoms with Gasteiger partial charge in [-0.3, -0.25) is 4.79 Å². The summed E-state index contributed by atoms with van der Waals surface area (Å²) in [7, 11) is 0. The van der Waals surface area contributed by atoms with E-state index in [-0.39, 0.29) is 5.91 Å². The topological polar surface area (TPSA) is 41.8 Å². The zero-order valence-corrected chi connectivity index (χ0v) is 5.11. The number of amides is 1. The van der Waals surface area contributed by atoms with Crippen LogP contribution in [0.3, 0.4) is 0 Å². The molecule has 3 heteroatoms. The van der Waals surface area contributed by atoms with E-state index in [0.717, 1.165) is 5.57 Å². The molecule has 0 atom stereocenters. The van der Waals surface area contributed by atoms with E-state index in [9.17, 15) is 4.79 Å². The van der Waals surface area contributed by atoms with E-state index < -0.39 is 0 Å². The van der Waals surface area contributed by atoms with E-state index in [4.69, 9.17) is 0 Å². The molecule has 0 aromatic carbocycles. The van der Waals surface area contributed by atoms with Gasteiger partial charge >= 0.3 is 0 Å². The summed E-state index contributed by atoms with van der Waals surface area (Å²) in [5.41, 5.74) is 1.51. The summed E-state index contributed by atoms with van der Waals surface area (Å²) < 4.78 is 0. The van der Waals surface area contributed by atoms with E-state index in [2.05, 4.69) is 10.2 Å². The molecule has 0 unspecified atom stereocenters. The van der Waals surface area contributed by atoms with Crippen LogP contribution in [0.15, 0.2) is 45.8 Å². The molecule has 0 radical (unpaired) electrons. The van der Waals surface area contributed by atoms with Gasteiger partial charge in [0, 0.05) is 5.57 Å². The molecular weight excluding hydrogens is 128 g/mol. The van der Waals surface area contributed by atoms with Gasteiger partial charge in [0.25, 0.3) is 5.91 Å². The fourth-order valence-electron chi connectivity index (χ4n) is 0.939. The SMILES string of the molecule is O=C1N=NC=C2C=CC=C12. The molecule has 0 spiro atoms. The van der Waals surface area contributed by atoms with Gasteiger partial charge in [0.1, 0.15) is 0 Å². The van der Waals surface area contributed by atoms with Crippen LogP contribution in [-0.2, 0) is 4.79 Å².